The minimum atomic E-state index is -0.641. The first-order valence-corrected chi connectivity index (χ1v) is 11.7. The zero-order chi connectivity index (χ0) is 20.5. The molecule has 0 saturated heterocycles. The van der Waals surface area contributed by atoms with Gasteiger partial charge in [0.05, 0.1) is 0 Å². The summed E-state index contributed by atoms with van der Waals surface area (Å²) >= 11 is 0. The van der Waals surface area contributed by atoms with Crippen molar-refractivity contribution in [1.29, 1.82) is 0 Å². The third-order valence-corrected chi connectivity index (χ3v) is 6.63. The molecule has 1 saturated carbocycles. The van der Waals surface area contributed by atoms with E-state index < -0.39 is 6.17 Å². The van der Waals surface area contributed by atoms with Crippen LogP contribution in [0, 0.1) is 0 Å². The highest BCUT2D eigenvalue weighted by Gasteiger charge is 2.28. The van der Waals surface area contributed by atoms with Crippen LogP contribution in [-0.4, -0.2) is 30.2 Å². The van der Waals surface area contributed by atoms with Crippen molar-refractivity contribution >= 4 is 0 Å². The van der Waals surface area contributed by atoms with E-state index in [0.29, 0.717) is 6.04 Å². The Balaban J connectivity index is 1.54. The van der Waals surface area contributed by atoms with Crippen molar-refractivity contribution in [3.05, 3.63) is 71.3 Å². The Morgan fingerprint density at radius 2 is 1.62 bits per heavy atom. The van der Waals surface area contributed by atoms with Gasteiger partial charge in [-0.3, -0.25) is 0 Å². The maximum atomic E-state index is 14.0. The number of hydrogen-bond acceptors (Lipinski definition) is 1. The Kier molecular flexibility index (Phi) is 8.73. The van der Waals surface area contributed by atoms with Crippen LogP contribution < -0.4 is 0 Å². The molecule has 0 spiro atoms. The Hall–Kier alpha value is -1.67. The number of halogens is 1. The predicted octanol–water partition coefficient (Wildman–Crippen LogP) is 6.96. The Morgan fingerprint density at radius 1 is 0.897 bits per heavy atom. The fourth-order valence-electron chi connectivity index (χ4n) is 4.88. The van der Waals surface area contributed by atoms with Crippen molar-refractivity contribution in [2.75, 3.05) is 13.1 Å². The van der Waals surface area contributed by atoms with Crippen molar-refractivity contribution in [2.45, 2.75) is 83.3 Å². The molecule has 1 nitrogen and oxygen atoms in total. The monoisotopic (exact) mass is 395 g/mol. The van der Waals surface area contributed by atoms with Gasteiger partial charge in [-0.05, 0) is 74.6 Å². The first-order valence-electron chi connectivity index (χ1n) is 11.7. The quantitative estimate of drug-likeness (QED) is 0.397. The third kappa shape index (κ3) is 6.40. The molecule has 1 aliphatic rings. The van der Waals surface area contributed by atoms with E-state index in [2.05, 4.69) is 73.3 Å². The van der Waals surface area contributed by atoms with E-state index in [0.717, 1.165) is 38.6 Å². The molecule has 1 aliphatic carbocycles. The molecule has 1 fully saturated rings. The van der Waals surface area contributed by atoms with E-state index >= 15 is 0 Å². The highest BCUT2D eigenvalue weighted by Crippen LogP contribution is 2.36. The van der Waals surface area contributed by atoms with Gasteiger partial charge in [-0.25, -0.2) is 4.39 Å². The second kappa shape index (κ2) is 11.5. The topological polar surface area (TPSA) is 3.24 Å². The molecule has 0 radical (unpaired) electrons. The summed E-state index contributed by atoms with van der Waals surface area (Å²) < 4.78 is 14.0. The standard InChI is InChI=1S/C27H38FN/c1-3-20-29(21-19-22-9-6-5-7-10-22)25(4-2)18-15-23-13-16-24(17-14-23)26-11-8-12-27(26)28/h5-7,9-10,13-14,16-17,25-27H,3-4,8,11-12,15,18-21H2,1-2H3. The molecule has 2 heteroatoms. The molecular formula is C27H38FN. The van der Waals surface area contributed by atoms with E-state index in [1.54, 1.807) is 0 Å². The predicted molar refractivity (Wildman–Crippen MR) is 122 cm³/mol. The summed E-state index contributed by atoms with van der Waals surface area (Å²) in [5.41, 5.74) is 4.01. The van der Waals surface area contributed by atoms with Gasteiger partial charge in [0, 0.05) is 18.5 Å². The van der Waals surface area contributed by atoms with Gasteiger partial charge in [0.1, 0.15) is 6.17 Å². The van der Waals surface area contributed by atoms with Gasteiger partial charge in [-0.15, -0.1) is 0 Å². The number of benzene rings is 2. The van der Waals surface area contributed by atoms with Gasteiger partial charge >= 0.3 is 0 Å². The molecule has 3 rings (SSSR count). The lowest BCUT2D eigenvalue weighted by atomic mass is 9.94. The van der Waals surface area contributed by atoms with Crippen LogP contribution in [0.2, 0.25) is 0 Å². The summed E-state index contributed by atoms with van der Waals surface area (Å²) in [5, 5.41) is 0. The Labute approximate surface area is 177 Å². The van der Waals surface area contributed by atoms with Crippen LogP contribution in [0.1, 0.15) is 75.0 Å². The van der Waals surface area contributed by atoms with Crippen LogP contribution >= 0.6 is 0 Å². The molecule has 2 aromatic carbocycles. The highest BCUT2D eigenvalue weighted by atomic mass is 19.1. The molecule has 2 aromatic rings. The zero-order valence-corrected chi connectivity index (χ0v) is 18.3. The van der Waals surface area contributed by atoms with E-state index in [1.807, 2.05) is 0 Å². The first kappa shape index (κ1) is 22.0. The van der Waals surface area contributed by atoms with Crippen LogP contribution in [0.4, 0.5) is 4.39 Å². The molecule has 0 amide bonds. The lowest BCUT2D eigenvalue weighted by Crippen LogP contribution is -2.37. The smallest absolute Gasteiger partial charge is 0.107 e. The maximum Gasteiger partial charge on any atom is 0.107 e. The molecule has 29 heavy (non-hydrogen) atoms. The number of alkyl halides is 1. The minimum Gasteiger partial charge on any atom is -0.300 e. The number of rotatable bonds is 11. The van der Waals surface area contributed by atoms with Gasteiger partial charge in [0.15, 0.2) is 0 Å². The summed E-state index contributed by atoms with van der Waals surface area (Å²) in [6.07, 6.45) is 7.95. The van der Waals surface area contributed by atoms with Crippen molar-refractivity contribution in [3.63, 3.8) is 0 Å². The van der Waals surface area contributed by atoms with Crippen LogP contribution in [0.3, 0.4) is 0 Å². The second-order valence-corrected chi connectivity index (χ2v) is 8.67. The summed E-state index contributed by atoms with van der Waals surface area (Å²) in [5.74, 6) is 0.130. The van der Waals surface area contributed by atoms with Gasteiger partial charge in [0.2, 0.25) is 0 Å². The number of nitrogens with zero attached hydrogens (tertiary/aromatic N) is 1. The summed E-state index contributed by atoms with van der Waals surface area (Å²) in [4.78, 5) is 2.69. The van der Waals surface area contributed by atoms with E-state index in [-0.39, 0.29) is 5.92 Å². The highest BCUT2D eigenvalue weighted by molar-refractivity contribution is 5.27. The minimum absolute atomic E-state index is 0.130. The molecule has 3 atom stereocenters. The third-order valence-electron chi connectivity index (χ3n) is 6.63. The fraction of sp³-hybridized carbons (Fsp3) is 0.556. The summed E-state index contributed by atoms with van der Waals surface area (Å²) in [6, 6.07) is 20.3. The summed E-state index contributed by atoms with van der Waals surface area (Å²) in [6.45, 7) is 6.90. The molecule has 3 unspecified atom stereocenters. The molecular weight excluding hydrogens is 357 g/mol. The van der Waals surface area contributed by atoms with Crippen LogP contribution in [-0.2, 0) is 12.8 Å². The van der Waals surface area contributed by atoms with Crippen LogP contribution in [0.15, 0.2) is 54.6 Å². The molecule has 0 bridgehead atoms. The van der Waals surface area contributed by atoms with Crippen molar-refractivity contribution < 1.29 is 4.39 Å². The lowest BCUT2D eigenvalue weighted by molar-refractivity contribution is 0.183. The van der Waals surface area contributed by atoms with Crippen molar-refractivity contribution in [1.82, 2.24) is 4.90 Å². The average Bonchev–Trinajstić information content (AvgIpc) is 3.19. The second-order valence-electron chi connectivity index (χ2n) is 8.67. The number of aryl methyl sites for hydroxylation is 1. The Bertz CT molecular complexity index is 696. The van der Waals surface area contributed by atoms with Gasteiger partial charge in [-0.2, -0.15) is 0 Å². The van der Waals surface area contributed by atoms with Gasteiger partial charge in [0.25, 0.3) is 0 Å². The van der Waals surface area contributed by atoms with E-state index in [1.165, 1.54) is 42.5 Å². The lowest BCUT2D eigenvalue weighted by Gasteiger charge is -2.31. The van der Waals surface area contributed by atoms with E-state index in [9.17, 15) is 4.39 Å². The maximum absolute atomic E-state index is 14.0. The van der Waals surface area contributed by atoms with Crippen LogP contribution in [0.5, 0.6) is 0 Å². The number of hydrogen-bond donors (Lipinski definition) is 0. The largest absolute Gasteiger partial charge is 0.300 e. The molecule has 0 heterocycles. The van der Waals surface area contributed by atoms with Gasteiger partial charge < -0.3 is 4.90 Å². The fourth-order valence-corrected chi connectivity index (χ4v) is 4.88. The van der Waals surface area contributed by atoms with Crippen LogP contribution in [0.25, 0.3) is 0 Å². The normalized spacial score (nSPS) is 20.3. The van der Waals surface area contributed by atoms with Crippen molar-refractivity contribution in [2.24, 2.45) is 0 Å². The molecule has 0 aromatic heterocycles. The van der Waals surface area contributed by atoms with Gasteiger partial charge in [-0.1, -0.05) is 68.4 Å². The molecule has 0 N–H and O–H groups in total. The first-order chi connectivity index (χ1) is 14.2. The zero-order valence-electron chi connectivity index (χ0n) is 18.3. The molecule has 0 aliphatic heterocycles. The van der Waals surface area contributed by atoms with Crippen molar-refractivity contribution in [3.8, 4) is 0 Å². The summed E-state index contributed by atoms with van der Waals surface area (Å²) in [7, 11) is 0. The Morgan fingerprint density at radius 3 is 2.24 bits per heavy atom. The SMILES string of the molecule is CCCN(CCc1ccccc1)C(CC)CCc1ccc(C2CCCC2F)cc1. The average molecular weight is 396 g/mol. The molecule has 158 valence electrons. The van der Waals surface area contributed by atoms with E-state index in [4.69, 9.17) is 0 Å².